The fourth-order valence-electron chi connectivity index (χ4n) is 3.14. The average Bonchev–Trinajstić information content (AvgIpc) is 2.94. The van der Waals surface area contributed by atoms with Crippen LogP contribution in [0.3, 0.4) is 0 Å². The highest BCUT2D eigenvalue weighted by atomic mass is 16.5. The van der Waals surface area contributed by atoms with Gasteiger partial charge in [0.2, 0.25) is 0 Å². The lowest BCUT2D eigenvalue weighted by Crippen LogP contribution is -2.09. The van der Waals surface area contributed by atoms with Gasteiger partial charge in [0.25, 0.3) is 0 Å². The van der Waals surface area contributed by atoms with E-state index in [-0.39, 0.29) is 6.61 Å². The maximum absolute atomic E-state index is 7.94. The number of hydrogen-bond acceptors (Lipinski definition) is 8. The number of ether oxygens (including phenoxy) is 2. The van der Waals surface area contributed by atoms with Gasteiger partial charge >= 0.3 is 0 Å². The standard InChI is InChI=1S/C19H20N4O.C7H17N.C3H8O2/c1-21-19-18(14(13-20)11-12-22-19)23-15-7-9-17(10-8-15)24-16-5-3-2-4-6-16;1-3-4-5-7(2)6-8;1-5-3-2-4/h2-12,23H,13,20H2,1H3,(H,21,22);7H,3-6,8H2,1-2H3;4H,2-3H2,1H3/t;7-;/m.1./s1. The Hall–Kier alpha value is -3.17. The molecule has 0 saturated heterocycles. The van der Waals surface area contributed by atoms with Crippen molar-refractivity contribution >= 4 is 17.2 Å². The van der Waals surface area contributed by atoms with Crippen LogP contribution in [0.1, 0.15) is 38.7 Å². The largest absolute Gasteiger partial charge is 0.457 e. The minimum atomic E-state index is 0.122. The molecule has 3 aromatic rings. The first-order chi connectivity index (χ1) is 18.0. The smallest absolute Gasteiger partial charge is 0.149 e. The van der Waals surface area contributed by atoms with Crippen molar-refractivity contribution in [3.63, 3.8) is 0 Å². The van der Waals surface area contributed by atoms with E-state index in [1.165, 1.54) is 19.3 Å². The highest BCUT2D eigenvalue weighted by Gasteiger charge is 2.08. The third kappa shape index (κ3) is 13.1. The van der Waals surface area contributed by atoms with Gasteiger partial charge in [0, 0.05) is 32.6 Å². The Labute approximate surface area is 222 Å². The number of pyridine rings is 1. The van der Waals surface area contributed by atoms with Gasteiger partial charge in [-0.2, -0.15) is 0 Å². The van der Waals surface area contributed by atoms with Crippen molar-refractivity contribution < 1.29 is 14.6 Å². The van der Waals surface area contributed by atoms with E-state index in [0.29, 0.717) is 13.2 Å². The van der Waals surface area contributed by atoms with Gasteiger partial charge in [-0.15, -0.1) is 0 Å². The number of nitrogens with one attached hydrogen (secondary N) is 2. The molecule has 0 spiro atoms. The summed E-state index contributed by atoms with van der Waals surface area (Å²) >= 11 is 0. The summed E-state index contributed by atoms with van der Waals surface area (Å²) in [7, 11) is 3.39. The van der Waals surface area contributed by atoms with Crippen LogP contribution in [0.4, 0.5) is 17.2 Å². The van der Waals surface area contributed by atoms with Crippen LogP contribution < -0.4 is 26.8 Å². The Morgan fingerprint density at radius 2 is 1.68 bits per heavy atom. The number of anilines is 3. The molecule has 8 nitrogen and oxygen atoms in total. The van der Waals surface area contributed by atoms with Crippen molar-refractivity contribution in [3.05, 3.63) is 72.4 Å². The van der Waals surface area contributed by atoms with Gasteiger partial charge in [-0.1, -0.05) is 44.9 Å². The number of nitrogens with zero attached hydrogens (tertiary/aromatic N) is 1. The molecule has 0 unspecified atom stereocenters. The van der Waals surface area contributed by atoms with Crippen molar-refractivity contribution in [1.82, 2.24) is 4.98 Å². The molecule has 8 heteroatoms. The number of unbranched alkanes of at least 4 members (excludes halogenated alkanes) is 1. The summed E-state index contributed by atoms with van der Waals surface area (Å²) in [5.74, 6) is 3.09. The van der Waals surface area contributed by atoms with Crippen molar-refractivity contribution in [2.45, 2.75) is 39.7 Å². The molecular formula is C29H45N5O3. The molecule has 0 amide bonds. The lowest BCUT2D eigenvalue weighted by atomic mass is 10.1. The number of methoxy groups -OCH3 is 1. The minimum Gasteiger partial charge on any atom is -0.457 e. The zero-order valence-electron chi connectivity index (χ0n) is 22.7. The fraction of sp³-hybridized carbons (Fsp3) is 0.414. The van der Waals surface area contributed by atoms with Gasteiger partial charge < -0.3 is 36.7 Å². The molecule has 1 atom stereocenters. The number of aromatic nitrogens is 1. The van der Waals surface area contributed by atoms with Crippen LogP contribution in [0.25, 0.3) is 0 Å². The monoisotopic (exact) mass is 511 g/mol. The summed E-state index contributed by atoms with van der Waals surface area (Å²) < 4.78 is 10.2. The Balaban J connectivity index is 0.000000438. The van der Waals surface area contributed by atoms with E-state index in [9.17, 15) is 0 Å². The topological polar surface area (TPSA) is 128 Å². The normalized spacial score (nSPS) is 10.8. The Bertz CT molecular complexity index is 931. The highest BCUT2D eigenvalue weighted by Crippen LogP contribution is 2.29. The predicted molar refractivity (Wildman–Crippen MR) is 155 cm³/mol. The van der Waals surface area contributed by atoms with Crippen molar-refractivity contribution in [3.8, 4) is 11.5 Å². The Morgan fingerprint density at radius 1 is 1.00 bits per heavy atom. The molecule has 7 N–H and O–H groups in total. The number of benzene rings is 2. The zero-order chi connectivity index (χ0) is 27.3. The van der Waals surface area contributed by atoms with E-state index >= 15 is 0 Å². The number of aliphatic hydroxyl groups excluding tert-OH is 1. The second kappa shape index (κ2) is 20.0. The first-order valence-corrected chi connectivity index (χ1v) is 12.8. The summed E-state index contributed by atoms with van der Waals surface area (Å²) in [6, 6.07) is 19.4. The van der Waals surface area contributed by atoms with Crippen molar-refractivity contribution in [2.75, 3.05) is 44.5 Å². The van der Waals surface area contributed by atoms with Crippen molar-refractivity contribution in [1.29, 1.82) is 0 Å². The molecular weight excluding hydrogens is 466 g/mol. The molecule has 1 aromatic heterocycles. The van der Waals surface area contributed by atoms with Crippen molar-refractivity contribution in [2.24, 2.45) is 17.4 Å². The van der Waals surface area contributed by atoms with E-state index in [1.807, 2.05) is 67.7 Å². The Kier molecular flexibility index (Phi) is 17.2. The molecule has 2 aromatic carbocycles. The average molecular weight is 512 g/mol. The quantitative estimate of drug-likeness (QED) is 0.215. The maximum atomic E-state index is 7.94. The second-order valence-corrected chi connectivity index (χ2v) is 8.41. The summed E-state index contributed by atoms with van der Waals surface area (Å²) in [4.78, 5) is 4.32. The minimum absolute atomic E-state index is 0.122. The molecule has 0 bridgehead atoms. The van der Waals surface area contributed by atoms with E-state index in [2.05, 4.69) is 34.2 Å². The molecule has 0 fully saturated rings. The van der Waals surface area contributed by atoms with Crippen LogP contribution in [0.15, 0.2) is 66.9 Å². The molecule has 0 aliphatic rings. The molecule has 0 radical (unpaired) electrons. The van der Waals surface area contributed by atoms with Crippen LogP contribution >= 0.6 is 0 Å². The fourth-order valence-corrected chi connectivity index (χ4v) is 3.14. The third-order valence-electron chi connectivity index (χ3n) is 5.34. The SMILES string of the molecule is CCCC[C@@H](C)CN.CNc1nccc(CN)c1Nc1ccc(Oc2ccccc2)cc1.COCCO. The van der Waals surface area contributed by atoms with E-state index in [4.69, 9.17) is 21.3 Å². The molecule has 1 heterocycles. The molecule has 0 aliphatic carbocycles. The highest BCUT2D eigenvalue weighted by molar-refractivity contribution is 5.74. The first kappa shape index (κ1) is 31.9. The van der Waals surface area contributed by atoms with Gasteiger partial charge in [0.15, 0.2) is 0 Å². The zero-order valence-corrected chi connectivity index (χ0v) is 22.7. The van der Waals surface area contributed by atoms with E-state index in [0.717, 1.165) is 46.7 Å². The molecule has 0 saturated carbocycles. The number of nitrogens with two attached hydrogens (primary N) is 2. The molecule has 3 rings (SSSR count). The van der Waals surface area contributed by atoms with Crippen LogP contribution in [0.2, 0.25) is 0 Å². The predicted octanol–water partition coefficient (Wildman–Crippen LogP) is 5.51. The van der Waals surface area contributed by atoms with Gasteiger partial charge in [0.05, 0.1) is 18.9 Å². The first-order valence-electron chi connectivity index (χ1n) is 12.8. The van der Waals surface area contributed by atoms with E-state index < -0.39 is 0 Å². The van der Waals surface area contributed by atoms with Crippen LogP contribution in [-0.4, -0.2) is 44.0 Å². The van der Waals surface area contributed by atoms with Crippen LogP contribution in [0.5, 0.6) is 11.5 Å². The number of aliphatic hydroxyl groups is 1. The van der Waals surface area contributed by atoms with E-state index in [1.54, 1.807) is 13.3 Å². The van der Waals surface area contributed by atoms with Gasteiger partial charge in [-0.3, -0.25) is 0 Å². The summed E-state index contributed by atoms with van der Waals surface area (Å²) in [6.07, 6.45) is 5.67. The Morgan fingerprint density at radius 3 is 2.19 bits per heavy atom. The van der Waals surface area contributed by atoms with Gasteiger partial charge in [0.1, 0.15) is 17.3 Å². The van der Waals surface area contributed by atoms with Crippen LogP contribution in [-0.2, 0) is 11.3 Å². The van der Waals surface area contributed by atoms with Crippen LogP contribution in [0, 0.1) is 5.92 Å². The lowest BCUT2D eigenvalue weighted by molar-refractivity contribution is 0.135. The van der Waals surface area contributed by atoms with Gasteiger partial charge in [-0.25, -0.2) is 4.98 Å². The second-order valence-electron chi connectivity index (χ2n) is 8.41. The third-order valence-corrected chi connectivity index (χ3v) is 5.34. The molecule has 37 heavy (non-hydrogen) atoms. The number of hydrogen-bond donors (Lipinski definition) is 5. The summed E-state index contributed by atoms with van der Waals surface area (Å²) in [6.45, 7) is 6.27. The maximum Gasteiger partial charge on any atom is 0.149 e. The number of rotatable bonds is 12. The summed E-state index contributed by atoms with van der Waals surface area (Å²) in [5, 5.41) is 14.4. The molecule has 0 aliphatic heterocycles. The number of para-hydroxylation sites is 1. The molecule has 204 valence electrons. The lowest BCUT2D eigenvalue weighted by Gasteiger charge is -2.15. The van der Waals surface area contributed by atoms with Gasteiger partial charge in [-0.05, 0) is 66.9 Å². The summed E-state index contributed by atoms with van der Waals surface area (Å²) in [5.41, 5.74) is 14.1.